The van der Waals surface area contributed by atoms with Crippen LogP contribution in [0.2, 0.25) is 0 Å². The molecule has 1 aliphatic heterocycles. The van der Waals surface area contributed by atoms with Crippen LogP contribution in [0.15, 0.2) is 48.8 Å². The minimum absolute atomic E-state index is 0.0288. The molecule has 0 amide bonds. The van der Waals surface area contributed by atoms with Crippen LogP contribution in [-0.4, -0.2) is 40.7 Å². The van der Waals surface area contributed by atoms with Crippen LogP contribution in [0.4, 0.5) is 10.1 Å². The maximum absolute atomic E-state index is 15.0. The fourth-order valence-electron chi connectivity index (χ4n) is 4.67. The van der Waals surface area contributed by atoms with Crippen LogP contribution >= 0.6 is 0 Å². The summed E-state index contributed by atoms with van der Waals surface area (Å²) in [5.74, 6) is -1.49. The summed E-state index contributed by atoms with van der Waals surface area (Å²) < 4.78 is 20.7. The van der Waals surface area contributed by atoms with Crippen molar-refractivity contribution < 1.29 is 19.0 Å². The lowest BCUT2D eigenvalue weighted by molar-refractivity contribution is -0.136. The number of aliphatic carboxylic acids is 1. The summed E-state index contributed by atoms with van der Waals surface area (Å²) in [5.41, 5.74) is 4.86. The van der Waals surface area contributed by atoms with E-state index < -0.39 is 11.8 Å². The van der Waals surface area contributed by atoms with Gasteiger partial charge in [0.1, 0.15) is 0 Å². The Labute approximate surface area is 212 Å². The Bertz CT molecular complexity index is 1200. The number of aryl methyl sites for hydroxylation is 2. The third-order valence-corrected chi connectivity index (χ3v) is 6.94. The van der Waals surface area contributed by atoms with Crippen LogP contribution < -0.4 is 9.64 Å². The van der Waals surface area contributed by atoms with E-state index in [1.807, 2.05) is 25.1 Å². The molecule has 4 rings (SSSR count). The molecule has 190 valence electrons. The van der Waals surface area contributed by atoms with E-state index in [-0.39, 0.29) is 17.7 Å². The van der Waals surface area contributed by atoms with Crippen LogP contribution in [0, 0.1) is 18.2 Å². The number of hydrogen-bond acceptors (Lipinski definition) is 5. The molecule has 0 aliphatic carbocycles. The molecule has 0 bridgehead atoms. The van der Waals surface area contributed by atoms with Crippen molar-refractivity contribution in [2.75, 3.05) is 24.6 Å². The van der Waals surface area contributed by atoms with Crippen molar-refractivity contribution in [3.8, 4) is 17.0 Å². The van der Waals surface area contributed by atoms with Crippen molar-refractivity contribution in [2.45, 2.75) is 52.9 Å². The van der Waals surface area contributed by atoms with E-state index in [4.69, 9.17) is 4.74 Å². The number of nitrogens with zero attached hydrogens (tertiary/aromatic N) is 3. The van der Waals surface area contributed by atoms with Gasteiger partial charge in [-0.3, -0.25) is 9.78 Å². The Morgan fingerprint density at radius 3 is 2.53 bits per heavy atom. The molecule has 1 saturated heterocycles. The van der Waals surface area contributed by atoms with Gasteiger partial charge in [0.15, 0.2) is 5.82 Å². The quantitative estimate of drug-likeness (QED) is 0.378. The topological polar surface area (TPSA) is 75.6 Å². The summed E-state index contributed by atoms with van der Waals surface area (Å²) in [4.78, 5) is 22.6. The van der Waals surface area contributed by atoms with Gasteiger partial charge in [0.05, 0.1) is 18.7 Å². The van der Waals surface area contributed by atoms with Gasteiger partial charge in [0, 0.05) is 47.9 Å². The molecular weight excluding hydrogens is 457 g/mol. The van der Waals surface area contributed by atoms with Crippen LogP contribution in [-0.2, 0) is 17.6 Å². The molecule has 0 unspecified atom stereocenters. The van der Waals surface area contributed by atoms with Crippen LogP contribution in [0.1, 0.15) is 49.9 Å². The Balaban J connectivity index is 1.57. The fourth-order valence-corrected chi connectivity index (χ4v) is 4.67. The van der Waals surface area contributed by atoms with Crippen molar-refractivity contribution in [2.24, 2.45) is 5.41 Å². The highest BCUT2D eigenvalue weighted by molar-refractivity contribution is 5.84. The number of carbonyl (C=O) groups is 1. The van der Waals surface area contributed by atoms with Gasteiger partial charge in [-0.1, -0.05) is 44.2 Å². The number of aromatic nitrogens is 2. The van der Waals surface area contributed by atoms with Gasteiger partial charge in [0.25, 0.3) is 0 Å². The van der Waals surface area contributed by atoms with Gasteiger partial charge in [-0.15, -0.1) is 0 Å². The molecule has 1 aliphatic rings. The summed E-state index contributed by atoms with van der Waals surface area (Å²) in [6.45, 7) is 8.29. The number of carboxylic acids is 1. The predicted octanol–water partition coefficient (Wildman–Crippen LogP) is 5.86. The van der Waals surface area contributed by atoms with Crippen LogP contribution in [0.3, 0.4) is 0 Å². The van der Waals surface area contributed by atoms with Gasteiger partial charge in [0.2, 0.25) is 5.88 Å². The molecule has 1 fully saturated rings. The second-order valence-corrected chi connectivity index (χ2v) is 10.3. The number of benzene rings is 1. The smallest absolute Gasteiger partial charge is 0.307 e. The molecule has 0 atom stereocenters. The zero-order valence-corrected chi connectivity index (χ0v) is 21.3. The van der Waals surface area contributed by atoms with Gasteiger partial charge >= 0.3 is 5.97 Å². The standard InChI is InChI=1S/C29H34FN3O3/c1-20-23(17-26(34)35)27(33-13-11-29(2,3)12-14-33)24(19-31-20)22-16-25(30)28(32-18-22)36-15-7-10-21-8-5-4-6-9-21/h4-6,8-9,16,18-19H,7,10-15,17H2,1-3H3,(H,34,35). The number of ether oxygens (including phenoxy) is 1. The molecule has 0 saturated carbocycles. The number of rotatable bonds is 9. The molecule has 1 N–H and O–H groups in total. The minimum atomic E-state index is -0.917. The van der Waals surface area contributed by atoms with E-state index in [1.165, 1.54) is 11.6 Å². The third-order valence-electron chi connectivity index (χ3n) is 6.94. The van der Waals surface area contributed by atoms with E-state index >= 15 is 4.39 Å². The second kappa shape index (κ2) is 11.1. The highest BCUT2D eigenvalue weighted by Gasteiger charge is 2.29. The van der Waals surface area contributed by atoms with Crippen molar-refractivity contribution >= 4 is 11.7 Å². The zero-order chi connectivity index (χ0) is 25.7. The van der Waals surface area contributed by atoms with Crippen LogP contribution in [0.5, 0.6) is 5.88 Å². The summed E-state index contributed by atoms with van der Waals surface area (Å²) in [5, 5.41) is 9.58. The molecule has 36 heavy (non-hydrogen) atoms. The minimum Gasteiger partial charge on any atom is -0.481 e. The van der Waals surface area contributed by atoms with Gasteiger partial charge in [-0.25, -0.2) is 9.37 Å². The van der Waals surface area contributed by atoms with E-state index in [0.717, 1.165) is 44.5 Å². The summed E-state index contributed by atoms with van der Waals surface area (Å²) in [6.07, 6.45) is 6.73. The van der Waals surface area contributed by atoms with Crippen molar-refractivity contribution in [3.63, 3.8) is 0 Å². The summed E-state index contributed by atoms with van der Waals surface area (Å²) in [7, 11) is 0. The molecule has 1 aromatic carbocycles. The Morgan fingerprint density at radius 2 is 1.86 bits per heavy atom. The maximum Gasteiger partial charge on any atom is 0.307 e. The van der Waals surface area contributed by atoms with Crippen molar-refractivity contribution in [3.05, 3.63) is 71.4 Å². The Hall–Kier alpha value is -3.48. The third kappa shape index (κ3) is 6.20. The lowest BCUT2D eigenvalue weighted by atomic mass is 9.82. The molecular formula is C29H34FN3O3. The number of piperidine rings is 1. The number of pyridine rings is 2. The maximum atomic E-state index is 15.0. The highest BCUT2D eigenvalue weighted by atomic mass is 19.1. The zero-order valence-electron chi connectivity index (χ0n) is 21.3. The monoisotopic (exact) mass is 491 g/mol. The average Bonchev–Trinajstić information content (AvgIpc) is 2.84. The Morgan fingerprint density at radius 1 is 1.14 bits per heavy atom. The Kier molecular flexibility index (Phi) is 7.87. The fraction of sp³-hybridized carbons (Fsp3) is 0.414. The SMILES string of the molecule is Cc1ncc(-c2cnc(OCCCc3ccccc3)c(F)c2)c(N2CCC(C)(C)CC2)c1CC(=O)O. The molecule has 2 aromatic heterocycles. The largest absolute Gasteiger partial charge is 0.481 e. The van der Waals surface area contributed by atoms with Gasteiger partial charge in [-0.05, 0) is 49.7 Å². The molecule has 6 nitrogen and oxygen atoms in total. The van der Waals surface area contributed by atoms with E-state index in [0.29, 0.717) is 29.0 Å². The molecule has 3 heterocycles. The molecule has 0 radical (unpaired) electrons. The molecule has 7 heteroatoms. The number of anilines is 1. The highest BCUT2D eigenvalue weighted by Crippen LogP contribution is 2.40. The van der Waals surface area contributed by atoms with Gasteiger partial charge in [-0.2, -0.15) is 0 Å². The van der Waals surface area contributed by atoms with Crippen molar-refractivity contribution in [1.29, 1.82) is 0 Å². The lowest BCUT2D eigenvalue weighted by Crippen LogP contribution is -2.38. The lowest BCUT2D eigenvalue weighted by Gasteiger charge is -2.40. The first kappa shape index (κ1) is 25.6. The number of carboxylic acid groups (broad SMARTS) is 1. The molecule has 3 aromatic rings. The van der Waals surface area contributed by atoms with Gasteiger partial charge < -0.3 is 14.7 Å². The number of hydrogen-bond donors (Lipinski definition) is 1. The second-order valence-electron chi connectivity index (χ2n) is 10.3. The first-order valence-electron chi connectivity index (χ1n) is 12.5. The van der Waals surface area contributed by atoms with Crippen LogP contribution in [0.25, 0.3) is 11.1 Å². The normalized spacial score (nSPS) is 15.1. The summed E-state index contributed by atoms with van der Waals surface area (Å²) >= 11 is 0. The average molecular weight is 492 g/mol. The number of halogens is 1. The van der Waals surface area contributed by atoms with E-state index in [2.05, 4.69) is 40.8 Å². The predicted molar refractivity (Wildman–Crippen MR) is 139 cm³/mol. The van der Waals surface area contributed by atoms with E-state index in [1.54, 1.807) is 12.4 Å². The van der Waals surface area contributed by atoms with Crippen molar-refractivity contribution in [1.82, 2.24) is 9.97 Å². The van der Waals surface area contributed by atoms with E-state index in [9.17, 15) is 9.90 Å². The molecule has 0 spiro atoms. The summed E-state index contributed by atoms with van der Waals surface area (Å²) in [6, 6.07) is 11.5. The first-order chi connectivity index (χ1) is 17.2. The first-order valence-corrected chi connectivity index (χ1v) is 12.5.